The summed E-state index contributed by atoms with van der Waals surface area (Å²) in [5, 5.41) is 0. The Bertz CT molecular complexity index is 452. The molecular weight excluding hydrogens is 273 g/mol. The third-order valence-corrected chi connectivity index (χ3v) is 3.09. The zero-order valence-electron chi connectivity index (χ0n) is 10.9. The quantitative estimate of drug-likeness (QED) is 0.661. The van der Waals surface area contributed by atoms with E-state index in [2.05, 4.69) is 5.43 Å². The van der Waals surface area contributed by atoms with Gasteiger partial charge in [-0.05, 0) is 24.1 Å². The van der Waals surface area contributed by atoms with Gasteiger partial charge in [-0.1, -0.05) is 6.07 Å². The van der Waals surface area contributed by atoms with Crippen molar-refractivity contribution in [2.45, 2.75) is 31.5 Å². The van der Waals surface area contributed by atoms with Gasteiger partial charge in [-0.3, -0.25) is 11.3 Å². The number of nitrogens with two attached hydrogens (primary N) is 1. The lowest BCUT2D eigenvalue weighted by Crippen LogP contribution is -2.29. The lowest BCUT2D eigenvalue weighted by molar-refractivity contribution is -0.136. The second-order valence-corrected chi connectivity index (χ2v) is 4.63. The molecule has 1 unspecified atom stereocenters. The number of fused-ring (bicyclic) bond motifs is 1. The minimum absolute atomic E-state index is 0.125. The van der Waals surface area contributed by atoms with Crippen LogP contribution in [0.3, 0.4) is 0 Å². The monoisotopic (exact) mass is 290 g/mol. The van der Waals surface area contributed by atoms with Crippen LogP contribution in [0.2, 0.25) is 0 Å². The number of benzene rings is 1. The van der Waals surface area contributed by atoms with E-state index in [0.717, 1.165) is 6.42 Å². The van der Waals surface area contributed by atoms with Crippen molar-refractivity contribution >= 4 is 0 Å². The molecule has 20 heavy (non-hydrogen) atoms. The summed E-state index contributed by atoms with van der Waals surface area (Å²) in [7, 11) is 0. The van der Waals surface area contributed by atoms with E-state index < -0.39 is 18.6 Å². The summed E-state index contributed by atoms with van der Waals surface area (Å²) < 4.78 is 47.8. The van der Waals surface area contributed by atoms with Crippen LogP contribution in [0.15, 0.2) is 18.2 Å². The Morgan fingerprint density at radius 2 is 1.90 bits per heavy atom. The molecule has 4 nitrogen and oxygen atoms in total. The van der Waals surface area contributed by atoms with Gasteiger partial charge < -0.3 is 9.47 Å². The number of rotatable bonds is 4. The highest BCUT2D eigenvalue weighted by atomic mass is 19.4. The predicted molar refractivity (Wildman–Crippen MR) is 67.4 cm³/mol. The maximum atomic E-state index is 12.3. The van der Waals surface area contributed by atoms with Gasteiger partial charge in [0.05, 0.1) is 13.2 Å². The third kappa shape index (κ3) is 4.01. The van der Waals surface area contributed by atoms with E-state index in [1.54, 1.807) is 18.2 Å². The van der Waals surface area contributed by atoms with Gasteiger partial charge in [0.1, 0.15) is 0 Å². The van der Waals surface area contributed by atoms with Crippen molar-refractivity contribution in [3.63, 3.8) is 0 Å². The van der Waals surface area contributed by atoms with Crippen LogP contribution >= 0.6 is 0 Å². The average Bonchev–Trinajstić information content (AvgIpc) is 2.62. The second kappa shape index (κ2) is 6.32. The Hall–Kier alpha value is -1.47. The van der Waals surface area contributed by atoms with E-state index in [9.17, 15) is 13.2 Å². The zero-order chi connectivity index (χ0) is 14.6. The average molecular weight is 290 g/mol. The Balaban J connectivity index is 2.12. The molecule has 1 aromatic carbocycles. The maximum Gasteiger partial charge on any atom is 0.389 e. The number of alkyl halides is 3. The minimum Gasteiger partial charge on any atom is -0.490 e. The second-order valence-electron chi connectivity index (χ2n) is 4.63. The van der Waals surface area contributed by atoms with Crippen LogP contribution in [0.1, 0.15) is 30.9 Å². The molecule has 0 radical (unpaired) electrons. The first-order valence-corrected chi connectivity index (χ1v) is 6.42. The molecule has 1 aromatic rings. The molecule has 0 saturated heterocycles. The smallest absolute Gasteiger partial charge is 0.389 e. The first-order chi connectivity index (χ1) is 9.49. The van der Waals surface area contributed by atoms with Crippen molar-refractivity contribution in [1.29, 1.82) is 0 Å². The highest BCUT2D eigenvalue weighted by molar-refractivity contribution is 5.44. The predicted octanol–water partition coefficient (Wildman–Crippen LogP) is 2.69. The highest BCUT2D eigenvalue weighted by Crippen LogP contribution is 2.34. The topological polar surface area (TPSA) is 56.5 Å². The molecule has 0 spiro atoms. The maximum absolute atomic E-state index is 12.3. The molecule has 0 aliphatic carbocycles. The number of ether oxygens (including phenoxy) is 2. The summed E-state index contributed by atoms with van der Waals surface area (Å²) in [6.07, 6.45) is -4.44. The van der Waals surface area contributed by atoms with E-state index in [1.807, 2.05) is 0 Å². The molecule has 7 heteroatoms. The van der Waals surface area contributed by atoms with Crippen LogP contribution in [-0.4, -0.2) is 19.4 Å². The van der Waals surface area contributed by atoms with Crippen molar-refractivity contribution in [2.24, 2.45) is 5.84 Å². The largest absolute Gasteiger partial charge is 0.490 e. The van der Waals surface area contributed by atoms with E-state index in [1.165, 1.54) is 0 Å². The molecule has 0 bridgehead atoms. The number of hydrazine groups is 1. The van der Waals surface area contributed by atoms with Gasteiger partial charge in [-0.25, -0.2) is 0 Å². The first kappa shape index (κ1) is 14.9. The molecule has 0 fully saturated rings. The van der Waals surface area contributed by atoms with Crippen molar-refractivity contribution in [3.05, 3.63) is 23.8 Å². The lowest BCUT2D eigenvalue weighted by atomic mass is 10.0. The summed E-state index contributed by atoms with van der Waals surface area (Å²) in [6, 6.07) is 4.51. The van der Waals surface area contributed by atoms with Crippen LogP contribution in [0.5, 0.6) is 11.5 Å². The molecule has 1 atom stereocenters. The van der Waals surface area contributed by atoms with Gasteiger partial charge in [-0.15, -0.1) is 0 Å². The summed E-state index contributed by atoms with van der Waals surface area (Å²) in [5.74, 6) is 6.51. The van der Waals surface area contributed by atoms with Gasteiger partial charge in [-0.2, -0.15) is 13.2 Å². The number of hydrogen-bond acceptors (Lipinski definition) is 4. The van der Waals surface area contributed by atoms with Crippen molar-refractivity contribution in [3.8, 4) is 11.5 Å². The normalized spacial score (nSPS) is 16.6. The molecule has 1 aliphatic heterocycles. The van der Waals surface area contributed by atoms with Gasteiger partial charge in [0.15, 0.2) is 11.5 Å². The van der Waals surface area contributed by atoms with Crippen LogP contribution in [0.25, 0.3) is 0 Å². The van der Waals surface area contributed by atoms with Crippen LogP contribution in [0.4, 0.5) is 13.2 Å². The SMILES string of the molecule is NNC(CCC(F)(F)F)c1ccc2c(c1)OCCCO2. The zero-order valence-corrected chi connectivity index (χ0v) is 10.9. The van der Waals surface area contributed by atoms with Crippen molar-refractivity contribution in [1.82, 2.24) is 5.43 Å². The molecule has 1 aliphatic rings. The van der Waals surface area contributed by atoms with E-state index >= 15 is 0 Å². The van der Waals surface area contributed by atoms with Gasteiger partial charge in [0.25, 0.3) is 0 Å². The molecule has 112 valence electrons. The fourth-order valence-electron chi connectivity index (χ4n) is 2.05. The van der Waals surface area contributed by atoms with Crippen molar-refractivity contribution < 1.29 is 22.6 Å². The fraction of sp³-hybridized carbons (Fsp3) is 0.538. The molecule has 2 rings (SSSR count). The Labute approximate surface area is 115 Å². The molecule has 3 N–H and O–H groups in total. The Morgan fingerprint density at radius 3 is 2.55 bits per heavy atom. The van der Waals surface area contributed by atoms with Crippen molar-refractivity contribution in [2.75, 3.05) is 13.2 Å². The molecular formula is C13H17F3N2O2. The van der Waals surface area contributed by atoms with E-state index in [0.29, 0.717) is 30.3 Å². The van der Waals surface area contributed by atoms with E-state index in [-0.39, 0.29) is 6.42 Å². The summed E-state index contributed by atoms with van der Waals surface area (Å²) >= 11 is 0. The summed E-state index contributed by atoms with van der Waals surface area (Å²) in [6.45, 7) is 1.10. The standard InChI is InChI=1S/C13H17F3N2O2/c14-13(15,16)5-4-10(18-17)9-2-3-11-12(8-9)20-7-1-6-19-11/h2-3,8,10,18H,1,4-7,17H2. The van der Waals surface area contributed by atoms with E-state index in [4.69, 9.17) is 15.3 Å². The Morgan fingerprint density at radius 1 is 1.20 bits per heavy atom. The van der Waals surface area contributed by atoms with Crippen LogP contribution in [0, 0.1) is 0 Å². The molecule has 0 aromatic heterocycles. The number of halogens is 3. The first-order valence-electron chi connectivity index (χ1n) is 6.42. The summed E-state index contributed by atoms with van der Waals surface area (Å²) in [5.41, 5.74) is 3.07. The number of hydrogen-bond donors (Lipinski definition) is 2. The number of nitrogens with one attached hydrogen (secondary N) is 1. The fourth-order valence-corrected chi connectivity index (χ4v) is 2.05. The van der Waals surface area contributed by atoms with Crippen LogP contribution < -0.4 is 20.7 Å². The highest BCUT2D eigenvalue weighted by Gasteiger charge is 2.28. The van der Waals surface area contributed by atoms with Gasteiger partial charge >= 0.3 is 6.18 Å². The lowest BCUT2D eigenvalue weighted by Gasteiger charge is -2.18. The third-order valence-electron chi connectivity index (χ3n) is 3.09. The summed E-state index contributed by atoms with van der Waals surface area (Å²) in [4.78, 5) is 0. The Kier molecular flexibility index (Phi) is 4.72. The minimum atomic E-state index is -4.19. The van der Waals surface area contributed by atoms with Gasteiger partial charge in [0, 0.05) is 18.9 Å². The molecule has 0 saturated carbocycles. The van der Waals surface area contributed by atoms with Gasteiger partial charge in [0.2, 0.25) is 0 Å². The molecule has 0 amide bonds. The van der Waals surface area contributed by atoms with Crippen LogP contribution in [-0.2, 0) is 0 Å². The molecule has 1 heterocycles.